The first kappa shape index (κ1) is 13.1. The highest BCUT2D eigenvalue weighted by atomic mass is 16.5. The second kappa shape index (κ2) is 4.58. The molecular weight excluding hydrogens is 254 g/mol. The van der Waals surface area contributed by atoms with Crippen LogP contribution in [-0.4, -0.2) is 14.7 Å². The van der Waals surface area contributed by atoms with Crippen LogP contribution in [0.25, 0.3) is 11.4 Å². The minimum absolute atomic E-state index is 0.0767. The van der Waals surface area contributed by atoms with Crippen LogP contribution in [0.1, 0.15) is 32.6 Å². The van der Waals surface area contributed by atoms with Crippen molar-refractivity contribution < 1.29 is 4.52 Å². The molecule has 20 heavy (non-hydrogen) atoms. The first-order valence-electron chi connectivity index (χ1n) is 6.95. The van der Waals surface area contributed by atoms with Gasteiger partial charge in [0.05, 0.1) is 0 Å². The van der Waals surface area contributed by atoms with E-state index in [2.05, 4.69) is 24.0 Å². The maximum atomic E-state index is 11.6. The van der Waals surface area contributed by atoms with Gasteiger partial charge >= 0.3 is 0 Å². The van der Waals surface area contributed by atoms with E-state index in [0.717, 1.165) is 12.3 Å². The fraction of sp³-hybridized carbons (Fsp3) is 0.533. The number of nitrogens with zero attached hydrogens (tertiary/aromatic N) is 3. The Kier molecular flexibility index (Phi) is 3.00. The molecule has 0 atom stereocenters. The van der Waals surface area contributed by atoms with E-state index < -0.39 is 0 Å². The van der Waals surface area contributed by atoms with Crippen molar-refractivity contribution in [1.29, 1.82) is 0 Å². The Labute approximate surface area is 117 Å². The lowest BCUT2D eigenvalue weighted by atomic mass is 9.84. The van der Waals surface area contributed by atoms with Crippen LogP contribution in [0.15, 0.2) is 27.6 Å². The fourth-order valence-corrected chi connectivity index (χ4v) is 2.53. The minimum Gasteiger partial charge on any atom is -0.339 e. The Morgan fingerprint density at radius 1 is 1.45 bits per heavy atom. The molecule has 0 radical (unpaired) electrons. The maximum Gasteiger partial charge on any atom is 0.250 e. The van der Waals surface area contributed by atoms with E-state index in [1.165, 1.54) is 23.5 Å². The average molecular weight is 273 g/mol. The van der Waals surface area contributed by atoms with Gasteiger partial charge in [-0.1, -0.05) is 19.0 Å². The number of aryl methyl sites for hydroxylation is 1. The molecule has 0 aromatic carbocycles. The number of pyridine rings is 1. The third-order valence-corrected chi connectivity index (χ3v) is 4.12. The number of hydrogen-bond acceptors (Lipinski definition) is 4. The molecule has 3 rings (SSSR count). The first-order chi connectivity index (χ1) is 9.45. The van der Waals surface area contributed by atoms with Gasteiger partial charge in [-0.05, 0) is 30.2 Å². The van der Waals surface area contributed by atoms with Crippen molar-refractivity contribution in [1.82, 2.24) is 14.7 Å². The molecule has 106 valence electrons. The van der Waals surface area contributed by atoms with E-state index in [4.69, 9.17) is 4.52 Å². The molecule has 0 amide bonds. The summed E-state index contributed by atoms with van der Waals surface area (Å²) in [6, 6.07) is 3.35. The van der Waals surface area contributed by atoms with Crippen molar-refractivity contribution in [3.63, 3.8) is 0 Å². The fourth-order valence-electron chi connectivity index (χ4n) is 2.53. The number of rotatable bonds is 4. The van der Waals surface area contributed by atoms with E-state index in [-0.39, 0.29) is 11.0 Å². The van der Waals surface area contributed by atoms with Crippen LogP contribution in [-0.2, 0) is 13.5 Å². The minimum atomic E-state index is -0.0767. The number of hydrogen-bond donors (Lipinski definition) is 0. The molecule has 0 N–H and O–H groups in total. The molecule has 1 aliphatic rings. The van der Waals surface area contributed by atoms with Gasteiger partial charge in [0.1, 0.15) is 0 Å². The van der Waals surface area contributed by atoms with Crippen molar-refractivity contribution in [3.8, 4) is 11.4 Å². The first-order valence-corrected chi connectivity index (χ1v) is 6.95. The van der Waals surface area contributed by atoms with Crippen LogP contribution in [0.5, 0.6) is 0 Å². The lowest BCUT2D eigenvalue weighted by molar-refractivity contribution is 0.260. The molecule has 0 unspecified atom stereocenters. The summed E-state index contributed by atoms with van der Waals surface area (Å²) in [5, 5.41) is 3.99. The van der Waals surface area contributed by atoms with Gasteiger partial charge in [0, 0.05) is 31.3 Å². The highest BCUT2D eigenvalue weighted by molar-refractivity contribution is 5.52. The molecule has 2 aromatic rings. The molecule has 0 saturated heterocycles. The predicted octanol–water partition coefficient (Wildman–Crippen LogP) is 2.41. The van der Waals surface area contributed by atoms with Crippen molar-refractivity contribution in [2.45, 2.75) is 33.1 Å². The van der Waals surface area contributed by atoms with Crippen molar-refractivity contribution in [2.75, 3.05) is 0 Å². The summed E-state index contributed by atoms with van der Waals surface area (Å²) >= 11 is 0. The van der Waals surface area contributed by atoms with Crippen LogP contribution in [0.3, 0.4) is 0 Å². The second-order valence-corrected chi connectivity index (χ2v) is 6.32. The van der Waals surface area contributed by atoms with Crippen LogP contribution in [0.2, 0.25) is 0 Å². The Morgan fingerprint density at radius 2 is 2.20 bits per heavy atom. The van der Waals surface area contributed by atoms with Crippen LogP contribution in [0.4, 0.5) is 0 Å². The van der Waals surface area contributed by atoms with Gasteiger partial charge in [0.15, 0.2) is 0 Å². The van der Waals surface area contributed by atoms with Crippen LogP contribution < -0.4 is 5.56 Å². The summed E-state index contributed by atoms with van der Waals surface area (Å²) in [7, 11) is 1.71. The lowest BCUT2D eigenvalue weighted by Gasteiger charge is -2.21. The zero-order valence-electron chi connectivity index (χ0n) is 12.1. The molecule has 0 aliphatic heterocycles. The molecule has 1 saturated carbocycles. The highest BCUT2D eigenvalue weighted by Crippen LogP contribution is 2.46. The third kappa shape index (κ3) is 2.53. The molecule has 1 fully saturated rings. The largest absolute Gasteiger partial charge is 0.339 e. The normalized spacial score (nSPS) is 15.6. The Balaban J connectivity index is 1.82. The quantitative estimate of drug-likeness (QED) is 0.858. The van der Waals surface area contributed by atoms with Crippen molar-refractivity contribution in [3.05, 3.63) is 34.6 Å². The van der Waals surface area contributed by atoms with Gasteiger partial charge in [-0.15, -0.1) is 0 Å². The predicted molar refractivity (Wildman–Crippen MR) is 75.2 cm³/mol. The van der Waals surface area contributed by atoms with E-state index in [9.17, 15) is 4.79 Å². The van der Waals surface area contributed by atoms with Gasteiger partial charge in [0.25, 0.3) is 5.56 Å². The SMILES string of the molecule is Cn1ccc(-c2noc(CC(C)(C)C3CC3)n2)cc1=O. The summed E-state index contributed by atoms with van der Waals surface area (Å²) < 4.78 is 6.85. The van der Waals surface area contributed by atoms with E-state index in [1.54, 1.807) is 13.2 Å². The average Bonchev–Trinajstić information content (AvgIpc) is 3.15. The van der Waals surface area contributed by atoms with Crippen molar-refractivity contribution in [2.24, 2.45) is 18.4 Å². The molecule has 5 nitrogen and oxygen atoms in total. The summed E-state index contributed by atoms with van der Waals surface area (Å²) in [4.78, 5) is 16.0. The Bertz CT molecular complexity index is 680. The summed E-state index contributed by atoms with van der Waals surface area (Å²) in [5.74, 6) is 1.91. The van der Waals surface area contributed by atoms with Crippen LogP contribution in [0, 0.1) is 11.3 Å². The van der Waals surface area contributed by atoms with Crippen LogP contribution >= 0.6 is 0 Å². The Hall–Kier alpha value is -1.91. The highest BCUT2D eigenvalue weighted by Gasteiger charge is 2.38. The third-order valence-electron chi connectivity index (χ3n) is 4.12. The number of aromatic nitrogens is 3. The molecule has 2 aromatic heterocycles. The van der Waals surface area contributed by atoms with E-state index in [0.29, 0.717) is 17.3 Å². The second-order valence-electron chi connectivity index (χ2n) is 6.32. The van der Waals surface area contributed by atoms with Gasteiger partial charge < -0.3 is 9.09 Å². The van der Waals surface area contributed by atoms with Gasteiger partial charge in [0.2, 0.25) is 11.7 Å². The molecule has 1 aliphatic carbocycles. The summed E-state index contributed by atoms with van der Waals surface area (Å²) in [6.45, 7) is 4.49. The molecule has 0 spiro atoms. The summed E-state index contributed by atoms with van der Waals surface area (Å²) in [6.07, 6.45) is 5.09. The van der Waals surface area contributed by atoms with Gasteiger partial charge in [-0.25, -0.2) is 0 Å². The smallest absolute Gasteiger partial charge is 0.250 e. The molecule has 2 heterocycles. The lowest BCUT2D eigenvalue weighted by Crippen LogP contribution is -2.17. The van der Waals surface area contributed by atoms with Crippen molar-refractivity contribution >= 4 is 0 Å². The van der Waals surface area contributed by atoms with E-state index in [1.807, 2.05) is 6.07 Å². The maximum absolute atomic E-state index is 11.6. The zero-order chi connectivity index (χ0) is 14.3. The molecule has 0 bridgehead atoms. The van der Waals surface area contributed by atoms with E-state index >= 15 is 0 Å². The zero-order valence-corrected chi connectivity index (χ0v) is 12.1. The summed E-state index contributed by atoms with van der Waals surface area (Å²) in [5.41, 5.74) is 0.830. The van der Waals surface area contributed by atoms with Gasteiger partial charge in [-0.3, -0.25) is 4.79 Å². The topological polar surface area (TPSA) is 60.9 Å². The standard InChI is InChI=1S/C15H19N3O2/c1-15(2,11-4-5-11)9-12-16-14(17-20-12)10-6-7-18(3)13(19)8-10/h6-8,11H,4-5,9H2,1-3H3. The van der Waals surface area contributed by atoms with Gasteiger partial charge in [-0.2, -0.15) is 4.98 Å². The molecule has 5 heteroatoms. The molecular formula is C15H19N3O2. The monoisotopic (exact) mass is 273 g/mol. The Morgan fingerprint density at radius 3 is 2.85 bits per heavy atom.